The smallest absolute Gasteiger partial charge is 0.213 e. The van der Waals surface area contributed by atoms with Crippen molar-refractivity contribution in [2.24, 2.45) is 10.4 Å². The summed E-state index contributed by atoms with van der Waals surface area (Å²) in [5.41, 5.74) is 3.62. The van der Waals surface area contributed by atoms with Crippen molar-refractivity contribution in [2.45, 2.75) is 37.0 Å². The number of benzene rings is 1. The van der Waals surface area contributed by atoms with E-state index in [1.54, 1.807) is 0 Å². The van der Waals surface area contributed by atoms with Crippen LogP contribution in [0.25, 0.3) is 0 Å². The van der Waals surface area contributed by atoms with Gasteiger partial charge in [-0.1, -0.05) is 38.6 Å². The Morgan fingerprint density at radius 3 is 2.57 bits per heavy atom. The fourth-order valence-corrected chi connectivity index (χ4v) is 3.11. The van der Waals surface area contributed by atoms with Crippen LogP contribution < -0.4 is 0 Å². The number of aliphatic imine (C=N–C) groups is 1. The highest BCUT2D eigenvalue weighted by atomic mass is 32.2. The summed E-state index contributed by atoms with van der Waals surface area (Å²) in [5.74, 6) is -0.450. The average Bonchev–Trinajstić information content (AvgIpc) is 2.82. The second-order valence-corrected chi connectivity index (χ2v) is 7.34. The molecule has 0 amide bonds. The Labute approximate surface area is 128 Å². The average molecular weight is 300 g/mol. The van der Waals surface area contributed by atoms with Crippen molar-refractivity contribution >= 4 is 23.2 Å². The Kier molecular flexibility index (Phi) is 3.57. The van der Waals surface area contributed by atoms with Crippen LogP contribution in [0.5, 0.6) is 0 Å². The van der Waals surface area contributed by atoms with Gasteiger partial charge in [0.15, 0.2) is 0 Å². The summed E-state index contributed by atoms with van der Waals surface area (Å²) >= 11 is 1.53. The van der Waals surface area contributed by atoms with Gasteiger partial charge in [0.2, 0.25) is 5.95 Å². The van der Waals surface area contributed by atoms with Gasteiger partial charge in [-0.2, -0.15) is 4.39 Å². The van der Waals surface area contributed by atoms with Crippen LogP contribution in [0.3, 0.4) is 0 Å². The first kappa shape index (κ1) is 14.3. The third kappa shape index (κ3) is 3.16. The zero-order chi connectivity index (χ0) is 15.0. The fourth-order valence-electron chi connectivity index (χ4n) is 2.24. The molecule has 0 spiro atoms. The van der Waals surface area contributed by atoms with E-state index in [0.717, 1.165) is 21.9 Å². The summed E-state index contributed by atoms with van der Waals surface area (Å²) in [4.78, 5) is 10.2. The number of aromatic nitrogens is 1. The molecular formula is C17H17FN2S. The molecule has 1 aliphatic rings. The zero-order valence-electron chi connectivity index (χ0n) is 12.4. The van der Waals surface area contributed by atoms with Crippen molar-refractivity contribution < 1.29 is 4.39 Å². The number of pyridine rings is 1. The van der Waals surface area contributed by atoms with Gasteiger partial charge in [-0.3, -0.25) is 4.99 Å². The topological polar surface area (TPSA) is 25.2 Å². The lowest BCUT2D eigenvalue weighted by Gasteiger charge is -2.17. The maximum absolute atomic E-state index is 13.1. The minimum atomic E-state index is -0.450. The first-order valence-electron chi connectivity index (χ1n) is 6.92. The molecule has 3 rings (SSSR count). The number of hydrogen-bond acceptors (Lipinski definition) is 3. The Hall–Kier alpha value is -1.68. The zero-order valence-corrected chi connectivity index (χ0v) is 13.2. The van der Waals surface area contributed by atoms with E-state index < -0.39 is 5.95 Å². The molecule has 108 valence electrons. The molecule has 2 heterocycles. The molecule has 0 saturated heterocycles. The molecule has 0 radical (unpaired) electrons. The highest BCUT2D eigenvalue weighted by Gasteiger charge is 2.25. The molecule has 1 aromatic carbocycles. The summed E-state index contributed by atoms with van der Waals surface area (Å²) in [5, 5.41) is 0. The van der Waals surface area contributed by atoms with Crippen molar-refractivity contribution in [3.63, 3.8) is 0 Å². The predicted octanol–water partition coefficient (Wildman–Crippen LogP) is 5.05. The molecule has 2 nitrogen and oxygen atoms in total. The summed E-state index contributed by atoms with van der Waals surface area (Å²) in [6, 6.07) is 9.53. The fraction of sp³-hybridized carbons (Fsp3) is 0.294. The molecule has 4 heteroatoms. The van der Waals surface area contributed by atoms with Crippen molar-refractivity contribution in [1.29, 1.82) is 0 Å². The normalized spacial score (nSPS) is 14.0. The second kappa shape index (κ2) is 5.26. The first-order chi connectivity index (χ1) is 9.91. The molecular weight excluding hydrogens is 283 g/mol. The van der Waals surface area contributed by atoms with Crippen LogP contribution in [0.4, 0.5) is 10.1 Å². The van der Waals surface area contributed by atoms with E-state index in [4.69, 9.17) is 4.99 Å². The van der Waals surface area contributed by atoms with Crippen LogP contribution in [0, 0.1) is 11.4 Å². The van der Waals surface area contributed by atoms with Gasteiger partial charge in [0.25, 0.3) is 0 Å². The highest BCUT2D eigenvalue weighted by molar-refractivity contribution is 7.99. The highest BCUT2D eigenvalue weighted by Crippen LogP contribution is 2.37. The SMILES string of the molecule is CC(C)(C)C1=Nc2cc(Sc3ccnc(F)c3)ccc2C1. The van der Waals surface area contributed by atoms with Crippen molar-refractivity contribution in [1.82, 2.24) is 4.98 Å². The van der Waals surface area contributed by atoms with E-state index in [1.807, 2.05) is 6.07 Å². The van der Waals surface area contributed by atoms with E-state index in [9.17, 15) is 4.39 Å². The minimum absolute atomic E-state index is 0.0978. The summed E-state index contributed by atoms with van der Waals surface area (Å²) in [6.45, 7) is 6.56. The Bertz CT molecular complexity index is 717. The molecule has 0 saturated carbocycles. The van der Waals surface area contributed by atoms with E-state index in [0.29, 0.717) is 0 Å². The first-order valence-corrected chi connectivity index (χ1v) is 7.74. The second-order valence-electron chi connectivity index (χ2n) is 6.19. The Morgan fingerprint density at radius 1 is 1.10 bits per heavy atom. The van der Waals surface area contributed by atoms with Gasteiger partial charge in [0.1, 0.15) is 0 Å². The third-order valence-corrected chi connectivity index (χ3v) is 4.45. The number of nitrogens with zero attached hydrogens (tertiary/aromatic N) is 2. The maximum Gasteiger partial charge on any atom is 0.213 e. The maximum atomic E-state index is 13.1. The van der Waals surface area contributed by atoms with Gasteiger partial charge >= 0.3 is 0 Å². The van der Waals surface area contributed by atoms with Gasteiger partial charge in [-0.25, -0.2) is 4.98 Å². The molecule has 2 aromatic rings. The van der Waals surface area contributed by atoms with Crippen LogP contribution in [-0.2, 0) is 6.42 Å². The van der Waals surface area contributed by atoms with Crippen molar-refractivity contribution in [3.05, 3.63) is 48.0 Å². The number of halogens is 1. The van der Waals surface area contributed by atoms with Crippen LogP contribution in [0.15, 0.2) is 51.3 Å². The standard InChI is InChI=1S/C17H17FN2S/c1-17(2,3)15-8-11-4-5-12(9-14(11)20-15)21-13-6-7-19-16(18)10-13/h4-7,9-10H,8H2,1-3H3. The van der Waals surface area contributed by atoms with Crippen LogP contribution >= 0.6 is 11.8 Å². The molecule has 1 aliphatic heterocycles. The molecule has 1 aromatic heterocycles. The summed E-state index contributed by atoms with van der Waals surface area (Å²) < 4.78 is 13.1. The van der Waals surface area contributed by atoms with Crippen LogP contribution in [0.2, 0.25) is 0 Å². The number of hydrogen-bond donors (Lipinski definition) is 0. The van der Waals surface area contributed by atoms with Gasteiger partial charge in [-0.15, -0.1) is 0 Å². The quantitative estimate of drug-likeness (QED) is 0.725. The third-order valence-electron chi connectivity index (χ3n) is 3.47. The van der Waals surface area contributed by atoms with Crippen LogP contribution in [0.1, 0.15) is 26.3 Å². The minimum Gasteiger partial charge on any atom is -0.257 e. The van der Waals surface area contributed by atoms with E-state index in [-0.39, 0.29) is 5.41 Å². The monoisotopic (exact) mass is 300 g/mol. The Balaban J connectivity index is 1.86. The molecule has 0 N–H and O–H groups in total. The van der Waals surface area contributed by atoms with E-state index >= 15 is 0 Å². The summed E-state index contributed by atoms with van der Waals surface area (Å²) in [6.07, 6.45) is 2.41. The molecule has 0 unspecified atom stereocenters. The molecule has 0 aliphatic carbocycles. The van der Waals surface area contributed by atoms with Gasteiger partial charge in [0.05, 0.1) is 5.69 Å². The molecule has 0 bridgehead atoms. The Morgan fingerprint density at radius 2 is 1.86 bits per heavy atom. The number of rotatable bonds is 2. The number of fused-ring (bicyclic) bond motifs is 1. The van der Waals surface area contributed by atoms with Gasteiger partial charge < -0.3 is 0 Å². The van der Waals surface area contributed by atoms with Crippen LogP contribution in [-0.4, -0.2) is 10.7 Å². The lowest BCUT2D eigenvalue weighted by Crippen LogP contribution is -2.19. The molecule has 21 heavy (non-hydrogen) atoms. The van der Waals surface area contributed by atoms with Crippen molar-refractivity contribution in [3.8, 4) is 0 Å². The predicted molar refractivity (Wildman–Crippen MR) is 85.0 cm³/mol. The molecule has 0 atom stereocenters. The largest absolute Gasteiger partial charge is 0.257 e. The summed E-state index contributed by atoms with van der Waals surface area (Å²) in [7, 11) is 0. The lowest BCUT2D eigenvalue weighted by atomic mass is 9.87. The van der Waals surface area contributed by atoms with E-state index in [2.05, 4.69) is 44.0 Å². The van der Waals surface area contributed by atoms with E-state index in [1.165, 1.54) is 35.3 Å². The lowest BCUT2D eigenvalue weighted by molar-refractivity contribution is 0.579. The van der Waals surface area contributed by atoms with Gasteiger partial charge in [0, 0.05) is 39.6 Å². The molecule has 0 fully saturated rings. The van der Waals surface area contributed by atoms with Crippen molar-refractivity contribution in [2.75, 3.05) is 0 Å². The van der Waals surface area contributed by atoms with Gasteiger partial charge in [-0.05, 0) is 23.8 Å².